The average molecular weight is 385 g/mol. The molecule has 0 aliphatic heterocycles. The Labute approximate surface area is 163 Å². The van der Waals surface area contributed by atoms with Crippen LogP contribution in [0.15, 0.2) is 77.9 Å². The van der Waals surface area contributed by atoms with Crippen molar-refractivity contribution < 1.29 is 4.74 Å². The molecule has 5 heteroatoms. The predicted octanol–water partition coefficient (Wildman–Crippen LogP) is 5.70. The van der Waals surface area contributed by atoms with E-state index >= 15 is 0 Å². The molecular formula is C21H18Cl2N2O. The van der Waals surface area contributed by atoms with Gasteiger partial charge in [0.05, 0.1) is 22.8 Å². The summed E-state index contributed by atoms with van der Waals surface area (Å²) in [4.78, 5) is 0. The summed E-state index contributed by atoms with van der Waals surface area (Å²) < 4.78 is 5.82. The van der Waals surface area contributed by atoms with Gasteiger partial charge in [0, 0.05) is 0 Å². The minimum atomic E-state index is 0.420. The number of nitrogens with zero attached hydrogens (tertiary/aromatic N) is 1. The molecule has 0 aromatic heterocycles. The molecule has 26 heavy (non-hydrogen) atoms. The SMILES string of the molecule is Clc1ccc(COc2cccc(C=NNCc3ccccc3)c2)cc1Cl. The summed E-state index contributed by atoms with van der Waals surface area (Å²) in [5.41, 5.74) is 6.14. The fraction of sp³-hybridized carbons (Fsp3) is 0.0952. The molecule has 0 aliphatic carbocycles. The molecule has 0 fully saturated rings. The van der Waals surface area contributed by atoms with Crippen LogP contribution in [-0.4, -0.2) is 6.21 Å². The third kappa shape index (κ3) is 5.51. The van der Waals surface area contributed by atoms with Crippen LogP contribution in [0, 0.1) is 0 Å². The quantitative estimate of drug-likeness (QED) is 0.418. The van der Waals surface area contributed by atoms with Crippen LogP contribution in [0.2, 0.25) is 10.0 Å². The molecule has 3 aromatic carbocycles. The van der Waals surface area contributed by atoms with Crippen LogP contribution in [0.3, 0.4) is 0 Å². The molecule has 0 unspecified atom stereocenters. The lowest BCUT2D eigenvalue weighted by Crippen LogP contribution is -2.05. The van der Waals surface area contributed by atoms with E-state index < -0.39 is 0 Å². The zero-order chi connectivity index (χ0) is 18.2. The van der Waals surface area contributed by atoms with Gasteiger partial charge in [-0.05, 0) is 41.0 Å². The smallest absolute Gasteiger partial charge is 0.120 e. The maximum atomic E-state index is 6.02. The molecule has 0 aliphatic rings. The highest BCUT2D eigenvalue weighted by atomic mass is 35.5. The van der Waals surface area contributed by atoms with E-state index in [0.717, 1.165) is 16.9 Å². The van der Waals surface area contributed by atoms with E-state index in [4.69, 9.17) is 27.9 Å². The monoisotopic (exact) mass is 384 g/mol. The molecule has 1 N–H and O–H groups in total. The Morgan fingerprint density at radius 1 is 0.846 bits per heavy atom. The molecule has 0 radical (unpaired) electrons. The van der Waals surface area contributed by atoms with Crippen molar-refractivity contribution in [2.24, 2.45) is 5.10 Å². The van der Waals surface area contributed by atoms with Gasteiger partial charge in [0.2, 0.25) is 0 Å². The van der Waals surface area contributed by atoms with Gasteiger partial charge in [-0.15, -0.1) is 0 Å². The molecule has 3 aromatic rings. The minimum absolute atomic E-state index is 0.420. The topological polar surface area (TPSA) is 33.6 Å². The van der Waals surface area contributed by atoms with Gasteiger partial charge >= 0.3 is 0 Å². The number of ether oxygens (including phenoxy) is 1. The van der Waals surface area contributed by atoms with Crippen molar-refractivity contribution in [3.63, 3.8) is 0 Å². The van der Waals surface area contributed by atoms with Crippen LogP contribution in [-0.2, 0) is 13.2 Å². The van der Waals surface area contributed by atoms with E-state index in [1.54, 1.807) is 12.3 Å². The number of halogens is 2. The summed E-state index contributed by atoms with van der Waals surface area (Å²) in [7, 11) is 0. The first-order chi connectivity index (χ1) is 12.7. The molecule has 0 saturated carbocycles. The van der Waals surface area contributed by atoms with E-state index in [0.29, 0.717) is 23.2 Å². The van der Waals surface area contributed by atoms with Crippen LogP contribution >= 0.6 is 23.2 Å². The maximum absolute atomic E-state index is 6.02. The fourth-order valence-electron chi connectivity index (χ4n) is 2.33. The third-order valence-corrected chi connectivity index (χ3v) is 4.42. The molecule has 0 saturated heterocycles. The number of benzene rings is 3. The van der Waals surface area contributed by atoms with Crippen molar-refractivity contribution in [3.8, 4) is 5.75 Å². The van der Waals surface area contributed by atoms with Gasteiger partial charge in [0.1, 0.15) is 12.4 Å². The largest absolute Gasteiger partial charge is 0.489 e. The highest BCUT2D eigenvalue weighted by Gasteiger charge is 2.01. The Hall–Kier alpha value is -2.49. The molecular weight excluding hydrogens is 367 g/mol. The van der Waals surface area contributed by atoms with E-state index in [2.05, 4.69) is 22.7 Å². The summed E-state index contributed by atoms with van der Waals surface area (Å²) in [6.07, 6.45) is 1.77. The summed E-state index contributed by atoms with van der Waals surface area (Å²) >= 11 is 11.9. The average Bonchev–Trinajstić information content (AvgIpc) is 2.67. The number of hydrogen-bond acceptors (Lipinski definition) is 3. The zero-order valence-electron chi connectivity index (χ0n) is 14.0. The summed E-state index contributed by atoms with van der Waals surface area (Å²) in [5, 5.41) is 5.32. The number of rotatable bonds is 7. The Morgan fingerprint density at radius 2 is 1.69 bits per heavy atom. The number of nitrogens with one attached hydrogen (secondary N) is 1. The van der Waals surface area contributed by atoms with Gasteiger partial charge < -0.3 is 10.2 Å². The highest BCUT2D eigenvalue weighted by Crippen LogP contribution is 2.23. The predicted molar refractivity (Wildman–Crippen MR) is 108 cm³/mol. The van der Waals surface area contributed by atoms with Crippen LogP contribution in [0.4, 0.5) is 0 Å². The highest BCUT2D eigenvalue weighted by molar-refractivity contribution is 6.42. The summed E-state index contributed by atoms with van der Waals surface area (Å²) in [6.45, 7) is 1.11. The Balaban J connectivity index is 1.54. The molecule has 0 spiro atoms. The first-order valence-corrected chi connectivity index (χ1v) is 8.93. The normalized spacial score (nSPS) is 10.8. The second kappa shape index (κ2) is 9.27. The molecule has 132 valence electrons. The molecule has 0 atom stereocenters. The molecule has 0 amide bonds. The van der Waals surface area contributed by atoms with Crippen LogP contribution in [0.1, 0.15) is 16.7 Å². The molecule has 0 bridgehead atoms. The molecule has 3 nitrogen and oxygen atoms in total. The maximum Gasteiger partial charge on any atom is 0.120 e. The Kier molecular flexibility index (Phi) is 6.53. The van der Waals surface area contributed by atoms with Crippen molar-refractivity contribution in [2.45, 2.75) is 13.2 Å². The van der Waals surface area contributed by atoms with Gasteiger partial charge in [-0.1, -0.05) is 71.7 Å². The zero-order valence-corrected chi connectivity index (χ0v) is 15.5. The van der Waals surface area contributed by atoms with Crippen molar-refractivity contribution in [3.05, 3.63) is 99.5 Å². The lowest BCUT2D eigenvalue weighted by Gasteiger charge is -2.08. The van der Waals surface area contributed by atoms with E-state index in [1.165, 1.54) is 5.56 Å². The van der Waals surface area contributed by atoms with Crippen molar-refractivity contribution in [1.82, 2.24) is 5.43 Å². The number of hydrogen-bond donors (Lipinski definition) is 1. The van der Waals surface area contributed by atoms with Gasteiger partial charge in [-0.2, -0.15) is 5.10 Å². The Bertz CT molecular complexity index is 882. The minimum Gasteiger partial charge on any atom is -0.489 e. The lowest BCUT2D eigenvalue weighted by molar-refractivity contribution is 0.306. The van der Waals surface area contributed by atoms with Gasteiger partial charge in [0.15, 0.2) is 0 Å². The Morgan fingerprint density at radius 3 is 2.50 bits per heavy atom. The second-order valence-corrected chi connectivity index (χ2v) is 6.50. The lowest BCUT2D eigenvalue weighted by atomic mass is 10.2. The fourth-order valence-corrected chi connectivity index (χ4v) is 2.65. The first kappa shape index (κ1) is 18.3. The van der Waals surface area contributed by atoms with Gasteiger partial charge in [-0.25, -0.2) is 0 Å². The van der Waals surface area contributed by atoms with Crippen molar-refractivity contribution >= 4 is 29.4 Å². The van der Waals surface area contributed by atoms with Crippen molar-refractivity contribution in [1.29, 1.82) is 0 Å². The molecule has 0 heterocycles. The first-order valence-electron chi connectivity index (χ1n) is 8.17. The van der Waals surface area contributed by atoms with E-state index in [-0.39, 0.29) is 0 Å². The van der Waals surface area contributed by atoms with Gasteiger partial charge in [0.25, 0.3) is 0 Å². The summed E-state index contributed by atoms with van der Waals surface area (Å²) in [6, 6.07) is 23.3. The van der Waals surface area contributed by atoms with Gasteiger partial charge in [-0.3, -0.25) is 0 Å². The van der Waals surface area contributed by atoms with Crippen LogP contribution < -0.4 is 10.2 Å². The molecule has 3 rings (SSSR count). The second-order valence-electron chi connectivity index (χ2n) is 5.69. The van der Waals surface area contributed by atoms with E-state index in [1.807, 2.05) is 54.6 Å². The van der Waals surface area contributed by atoms with E-state index in [9.17, 15) is 0 Å². The van der Waals surface area contributed by atoms with Crippen LogP contribution in [0.25, 0.3) is 0 Å². The summed E-state index contributed by atoms with van der Waals surface area (Å²) in [5.74, 6) is 0.767. The number of hydrazone groups is 1. The van der Waals surface area contributed by atoms with Crippen LogP contribution in [0.5, 0.6) is 5.75 Å². The standard InChI is InChI=1S/C21H18Cl2N2O/c22-20-10-9-18(12-21(20)23)15-26-19-8-4-7-17(11-19)14-25-24-13-16-5-2-1-3-6-16/h1-12,14,24H,13,15H2. The third-order valence-electron chi connectivity index (χ3n) is 3.68. The van der Waals surface area contributed by atoms with Crippen molar-refractivity contribution in [2.75, 3.05) is 0 Å².